The maximum atomic E-state index is 11.9. The van der Waals surface area contributed by atoms with Crippen LogP contribution in [-0.2, 0) is 16.1 Å². The van der Waals surface area contributed by atoms with Gasteiger partial charge in [0, 0.05) is 19.6 Å². The average molecular weight is 291 g/mol. The van der Waals surface area contributed by atoms with Crippen molar-refractivity contribution in [1.82, 2.24) is 10.2 Å². The zero-order valence-corrected chi connectivity index (χ0v) is 12.2. The van der Waals surface area contributed by atoms with Gasteiger partial charge in [0.15, 0.2) is 0 Å². The van der Waals surface area contributed by atoms with Gasteiger partial charge < -0.3 is 15.8 Å². The lowest BCUT2D eigenvalue weighted by Crippen LogP contribution is -2.55. The molecular weight excluding hydrogens is 270 g/mol. The SMILES string of the molecule is CCOc1ccc(CN2CCNC(=O)C2CC(N)=O)cc1. The van der Waals surface area contributed by atoms with Crippen LogP contribution in [0.1, 0.15) is 18.9 Å². The molecule has 1 atom stereocenters. The second kappa shape index (κ2) is 7.08. The molecule has 1 aromatic rings. The van der Waals surface area contributed by atoms with Crippen molar-refractivity contribution in [3.8, 4) is 5.75 Å². The van der Waals surface area contributed by atoms with Crippen molar-refractivity contribution >= 4 is 11.8 Å². The number of nitrogens with two attached hydrogens (primary N) is 1. The Bertz CT molecular complexity index is 501. The Balaban J connectivity index is 2.04. The largest absolute Gasteiger partial charge is 0.494 e. The van der Waals surface area contributed by atoms with E-state index in [1.807, 2.05) is 36.1 Å². The molecule has 6 nitrogen and oxygen atoms in total. The van der Waals surface area contributed by atoms with Crippen LogP contribution in [0.4, 0.5) is 0 Å². The molecule has 114 valence electrons. The van der Waals surface area contributed by atoms with Gasteiger partial charge in [-0.25, -0.2) is 0 Å². The van der Waals surface area contributed by atoms with E-state index in [0.717, 1.165) is 11.3 Å². The van der Waals surface area contributed by atoms with Gasteiger partial charge in [-0.2, -0.15) is 0 Å². The first-order chi connectivity index (χ1) is 10.1. The van der Waals surface area contributed by atoms with E-state index in [9.17, 15) is 9.59 Å². The molecule has 1 fully saturated rings. The van der Waals surface area contributed by atoms with Crippen LogP contribution >= 0.6 is 0 Å². The summed E-state index contributed by atoms with van der Waals surface area (Å²) in [7, 11) is 0. The van der Waals surface area contributed by atoms with Crippen LogP contribution in [0.25, 0.3) is 0 Å². The van der Waals surface area contributed by atoms with Crippen LogP contribution in [0.15, 0.2) is 24.3 Å². The molecule has 6 heteroatoms. The van der Waals surface area contributed by atoms with E-state index in [4.69, 9.17) is 10.5 Å². The maximum absolute atomic E-state index is 11.9. The normalized spacial score (nSPS) is 19.1. The monoisotopic (exact) mass is 291 g/mol. The van der Waals surface area contributed by atoms with Crippen LogP contribution in [0, 0.1) is 0 Å². The summed E-state index contributed by atoms with van der Waals surface area (Å²) in [5.41, 5.74) is 6.30. The third kappa shape index (κ3) is 4.19. The Morgan fingerprint density at radius 3 is 2.76 bits per heavy atom. The number of carbonyl (C=O) groups excluding carboxylic acids is 2. The molecule has 1 aromatic carbocycles. The van der Waals surface area contributed by atoms with E-state index in [2.05, 4.69) is 5.32 Å². The van der Waals surface area contributed by atoms with E-state index in [-0.39, 0.29) is 12.3 Å². The van der Waals surface area contributed by atoms with Gasteiger partial charge in [0.2, 0.25) is 11.8 Å². The van der Waals surface area contributed by atoms with Crippen LogP contribution in [0.2, 0.25) is 0 Å². The van der Waals surface area contributed by atoms with Gasteiger partial charge in [0.05, 0.1) is 19.1 Å². The Hall–Kier alpha value is -2.08. The number of rotatable bonds is 6. The summed E-state index contributed by atoms with van der Waals surface area (Å²) in [6, 6.07) is 7.28. The number of nitrogens with one attached hydrogen (secondary N) is 1. The Morgan fingerprint density at radius 1 is 1.43 bits per heavy atom. The number of benzene rings is 1. The highest BCUT2D eigenvalue weighted by Gasteiger charge is 2.30. The summed E-state index contributed by atoms with van der Waals surface area (Å²) >= 11 is 0. The number of carbonyl (C=O) groups is 2. The topological polar surface area (TPSA) is 84.7 Å². The number of piperazine rings is 1. The van der Waals surface area contributed by atoms with Crippen molar-refractivity contribution in [1.29, 1.82) is 0 Å². The van der Waals surface area contributed by atoms with Crippen molar-refractivity contribution in [2.75, 3.05) is 19.7 Å². The van der Waals surface area contributed by atoms with E-state index < -0.39 is 11.9 Å². The quantitative estimate of drug-likeness (QED) is 0.787. The smallest absolute Gasteiger partial charge is 0.237 e. The second-order valence-electron chi connectivity index (χ2n) is 5.02. The summed E-state index contributed by atoms with van der Waals surface area (Å²) in [6.45, 7) is 4.47. The molecule has 0 bridgehead atoms. The minimum absolute atomic E-state index is 0.0445. The fourth-order valence-corrected chi connectivity index (χ4v) is 2.46. The molecule has 0 saturated carbocycles. The highest BCUT2D eigenvalue weighted by atomic mass is 16.5. The van der Waals surface area contributed by atoms with Crippen molar-refractivity contribution in [3.63, 3.8) is 0 Å². The molecule has 21 heavy (non-hydrogen) atoms. The van der Waals surface area contributed by atoms with Crippen molar-refractivity contribution in [2.24, 2.45) is 5.73 Å². The van der Waals surface area contributed by atoms with Gasteiger partial charge in [-0.1, -0.05) is 12.1 Å². The first-order valence-electron chi connectivity index (χ1n) is 7.12. The van der Waals surface area contributed by atoms with Crippen molar-refractivity contribution in [2.45, 2.75) is 25.9 Å². The Morgan fingerprint density at radius 2 is 2.14 bits per heavy atom. The summed E-state index contributed by atoms with van der Waals surface area (Å²) in [5, 5.41) is 2.77. The molecule has 0 aromatic heterocycles. The summed E-state index contributed by atoms with van der Waals surface area (Å²) in [6.07, 6.45) is 0.0445. The highest BCUT2D eigenvalue weighted by Crippen LogP contribution is 2.17. The molecule has 2 amide bonds. The molecule has 1 saturated heterocycles. The Kier molecular flexibility index (Phi) is 5.16. The van der Waals surface area contributed by atoms with E-state index in [1.165, 1.54) is 0 Å². The molecule has 2 rings (SSSR count). The molecule has 0 aliphatic carbocycles. The number of hydrogen-bond donors (Lipinski definition) is 2. The third-order valence-electron chi connectivity index (χ3n) is 3.46. The number of hydrogen-bond acceptors (Lipinski definition) is 4. The molecule has 0 spiro atoms. The maximum Gasteiger partial charge on any atom is 0.237 e. The predicted molar refractivity (Wildman–Crippen MR) is 78.6 cm³/mol. The van der Waals surface area contributed by atoms with Crippen molar-refractivity contribution < 1.29 is 14.3 Å². The lowest BCUT2D eigenvalue weighted by Gasteiger charge is -2.34. The van der Waals surface area contributed by atoms with E-state index >= 15 is 0 Å². The van der Waals surface area contributed by atoms with E-state index in [1.54, 1.807) is 0 Å². The fourth-order valence-electron chi connectivity index (χ4n) is 2.46. The van der Waals surface area contributed by atoms with Gasteiger partial charge in [-0.15, -0.1) is 0 Å². The average Bonchev–Trinajstić information content (AvgIpc) is 2.45. The first-order valence-corrected chi connectivity index (χ1v) is 7.12. The van der Waals surface area contributed by atoms with Crippen LogP contribution in [-0.4, -0.2) is 42.5 Å². The van der Waals surface area contributed by atoms with Crippen LogP contribution in [0.5, 0.6) is 5.75 Å². The molecular formula is C15H21N3O3. The minimum atomic E-state index is -0.484. The van der Waals surface area contributed by atoms with Gasteiger partial charge >= 0.3 is 0 Å². The van der Waals surface area contributed by atoms with Gasteiger partial charge in [0.25, 0.3) is 0 Å². The highest BCUT2D eigenvalue weighted by molar-refractivity contribution is 5.88. The van der Waals surface area contributed by atoms with E-state index in [0.29, 0.717) is 26.2 Å². The second-order valence-corrected chi connectivity index (χ2v) is 5.02. The van der Waals surface area contributed by atoms with Crippen LogP contribution < -0.4 is 15.8 Å². The molecule has 3 N–H and O–H groups in total. The predicted octanol–water partition coefficient (Wildman–Crippen LogP) is 0.261. The minimum Gasteiger partial charge on any atom is -0.494 e. The number of ether oxygens (including phenoxy) is 1. The van der Waals surface area contributed by atoms with Gasteiger partial charge in [-0.05, 0) is 24.6 Å². The zero-order chi connectivity index (χ0) is 15.2. The lowest BCUT2D eigenvalue weighted by atomic mass is 10.1. The third-order valence-corrected chi connectivity index (χ3v) is 3.46. The summed E-state index contributed by atoms with van der Waals surface area (Å²) in [5.74, 6) is 0.228. The standard InChI is InChI=1S/C15H21N3O3/c1-2-21-12-5-3-11(4-6-12)10-18-8-7-17-15(20)13(18)9-14(16)19/h3-6,13H,2,7-10H2,1H3,(H2,16,19)(H,17,20). The molecule has 1 aliphatic heterocycles. The van der Waals surface area contributed by atoms with Gasteiger partial charge in [0.1, 0.15) is 5.75 Å². The molecule has 1 aliphatic rings. The molecule has 1 unspecified atom stereocenters. The number of primary amides is 1. The molecule has 0 radical (unpaired) electrons. The summed E-state index contributed by atoms with van der Waals surface area (Å²) < 4.78 is 5.40. The van der Waals surface area contributed by atoms with Crippen molar-refractivity contribution in [3.05, 3.63) is 29.8 Å². The molecule has 1 heterocycles. The van der Waals surface area contributed by atoms with Gasteiger partial charge in [-0.3, -0.25) is 14.5 Å². The zero-order valence-electron chi connectivity index (χ0n) is 12.2. The number of nitrogens with zero attached hydrogens (tertiary/aromatic N) is 1. The fraction of sp³-hybridized carbons (Fsp3) is 0.467. The lowest BCUT2D eigenvalue weighted by molar-refractivity contribution is -0.133. The first kappa shape index (κ1) is 15.3. The van der Waals surface area contributed by atoms with Crippen LogP contribution in [0.3, 0.4) is 0 Å². The number of amides is 2. The Labute approximate surface area is 124 Å². The summed E-state index contributed by atoms with van der Waals surface area (Å²) in [4.78, 5) is 25.0.